The lowest BCUT2D eigenvalue weighted by Gasteiger charge is -2.14. The van der Waals surface area contributed by atoms with E-state index in [-0.39, 0.29) is 0 Å². The van der Waals surface area contributed by atoms with Gasteiger partial charge >= 0.3 is 0 Å². The predicted octanol–water partition coefficient (Wildman–Crippen LogP) is 3.75. The molecule has 11 heavy (non-hydrogen) atoms. The molecule has 1 rings (SSSR count). The summed E-state index contributed by atoms with van der Waals surface area (Å²) < 4.78 is 0. The maximum Gasteiger partial charge on any atom is 0.00606 e. The predicted molar refractivity (Wildman–Crippen MR) is 53.8 cm³/mol. The third kappa shape index (κ3) is 2.41. The molecule has 1 aliphatic rings. The molecule has 0 aromatic carbocycles. The fourth-order valence-electron chi connectivity index (χ4n) is 1.25. The van der Waals surface area contributed by atoms with Crippen molar-refractivity contribution in [3.63, 3.8) is 0 Å². The van der Waals surface area contributed by atoms with E-state index in [0.717, 1.165) is 0 Å². The van der Waals surface area contributed by atoms with Crippen molar-refractivity contribution in [3.8, 4) is 0 Å². The van der Waals surface area contributed by atoms with Crippen molar-refractivity contribution in [3.05, 3.63) is 22.1 Å². The van der Waals surface area contributed by atoms with Crippen LogP contribution >= 0.6 is 11.8 Å². The lowest BCUT2D eigenvalue weighted by atomic mass is 10.0. The highest BCUT2D eigenvalue weighted by molar-refractivity contribution is 8.03. The molecule has 0 fully saturated rings. The quantitative estimate of drug-likeness (QED) is 0.605. The van der Waals surface area contributed by atoms with Gasteiger partial charge in [-0.3, -0.25) is 0 Å². The molecule has 0 N–H and O–H groups in total. The molecule has 62 valence electrons. The van der Waals surface area contributed by atoms with Gasteiger partial charge in [-0.25, -0.2) is 0 Å². The Kier molecular flexibility index (Phi) is 3.25. The highest BCUT2D eigenvalue weighted by Crippen LogP contribution is 2.30. The van der Waals surface area contributed by atoms with E-state index < -0.39 is 0 Å². The first-order chi connectivity index (χ1) is 5.24. The van der Waals surface area contributed by atoms with Crippen molar-refractivity contribution in [1.29, 1.82) is 0 Å². The van der Waals surface area contributed by atoms with E-state index in [1.54, 1.807) is 5.57 Å². The minimum atomic E-state index is 1.19. The van der Waals surface area contributed by atoms with Gasteiger partial charge in [0.25, 0.3) is 0 Å². The molecule has 0 saturated carbocycles. The summed E-state index contributed by atoms with van der Waals surface area (Å²) >= 11 is 1.97. The summed E-state index contributed by atoms with van der Waals surface area (Å²) in [6.45, 7) is 6.69. The Labute approximate surface area is 73.8 Å². The molecule has 0 nitrogen and oxygen atoms in total. The SMILES string of the molecule is CCSC1=C(C)CCC(C)=C1. The highest BCUT2D eigenvalue weighted by Gasteiger charge is 2.06. The van der Waals surface area contributed by atoms with Crippen LogP contribution in [0.1, 0.15) is 33.6 Å². The fourth-order valence-corrected chi connectivity index (χ4v) is 2.19. The summed E-state index contributed by atoms with van der Waals surface area (Å²) in [5.74, 6) is 1.19. The largest absolute Gasteiger partial charge is 0.127 e. The molecule has 0 heterocycles. The molecule has 0 spiro atoms. The molecule has 0 aliphatic heterocycles. The first kappa shape index (κ1) is 8.92. The summed E-state index contributed by atoms with van der Waals surface area (Å²) in [5, 5.41) is 0. The van der Waals surface area contributed by atoms with Gasteiger partial charge in [-0.15, -0.1) is 11.8 Å². The topological polar surface area (TPSA) is 0 Å². The molecule has 0 saturated heterocycles. The van der Waals surface area contributed by atoms with E-state index in [2.05, 4.69) is 26.8 Å². The Morgan fingerprint density at radius 3 is 2.73 bits per heavy atom. The second-order valence-corrected chi connectivity index (χ2v) is 4.37. The van der Waals surface area contributed by atoms with Gasteiger partial charge in [0.15, 0.2) is 0 Å². The van der Waals surface area contributed by atoms with Crippen molar-refractivity contribution in [2.24, 2.45) is 0 Å². The van der Waals surface area contributed by atoms with Crippen LogP contribution in [0.5, 0.6) is 0 Å². The average molecular weight is 168 g/mol. The number of rotatable bonds is 2. The first-order valence-electron chi connectivity index (χ1n) is 4.23. The summed E-state index contributed by atoms with van der Waals surface area (Å²) in [5.41, 5.74) is 3.11. The number of hydrogen-bond donors (Lipinski definition) is 0. The molecule has 0 radical (unpaired) electrons. The third-order valence-electron chi connectivity index (χ3n) is 1.99. The number of allylic oxidation sites excluding steroid dienone is 3. The van der Waals surface area contributed by atoms with E-state index in [1.807, 2.05) is 11.8 Å². The molecule has 1 aliphatic carbocycles. The van der Waals surface area contributed by atoms with Crippen molar-refractivity contribution >= 4 is 11.8 Å². The van der Waals surface area contributed by atoms with E-state index in [0.29, 0.717) is 0 Å². The standard InChI is InChI=1S/C10H16S/c1-4-11-10-7-8(2)5-6-9(10)3/h7H,4-6H2,1-3H3. The number of thioether (sulfide) groups is 1. The maximum absolute atomic E-state index is 2.34. The second-order valence-electron chi connectivity index (χ2n) is 3.07. The molecule has 0 aromatic heterocycles. The van der Waals surface area contributed by atoms with Crippen LogP contribution in [0.2, 0.25) is 0 Å². The minimum Gasteiger partial charge on any atom is -0.127 e. The Morgan fingerprint density at radius 1 is 1.36 bits per heavy atom. The molecule has 0 bridgehead atoms. The van der Waals surface area contributed by atoms with E-state index in [9.17, 15) is 0 Å². The zero-order chi connectivity index (χ0) is 8.27. The Morgan fingerprint density at radius 2 is 2.09 bits per heavy atom. The van der Waals surface area contributed by atoms with Gasteiger partial charge in [0.2, 0.25) is 0 Å². The summed E-state index contributed by atoms with van der Waals surface area (Å²) in [6, 6.07) is 0. The van der Waals surface area contributed by atoms with Crippen LogP contribution in [-0.4, -0.2) is 5.75 Å². The van der Waals surface area contributed by atoms with Gasteiger partial charge in [0.1, 0.15) is 0 Å². The normalized spacial score (nSPS) is 18.6. The summed E-state index contributed by atoms with van der Waals surface area (Å²) in [7, 11) is 0. The zero-order valence-electron chi connectivity index (χ0n) is 7.61. The van der Waals surface area contributed by atoms with Crippen molar-refractivity contribution < 1.29 is 0 Å². The van der Waals surface area contributed by atoms with Crippen LogP contribution in [0.25, 0.3) is 0 Å². The van der Waals surface area contributed by atoms with Crippen LogP contribution in [0.3, 0.4) is 0 Å². The second kappa shape index (κ2) is 4.01. The van der Waals surface area contributed by atoms with Crippen molar-refractivity contribution in [1.82, 2.24) is 0 Å². The minimum absolute atomic E-state index is 1.19. The van der Waals surface area contributed by atoms with Gasteiger partial charge in [-0.2, -0.15) is 0 Å². The maximum atomic E-state index is 2.34. The molecular weight excluding hydrogens is 152 g/mol. The summed E-state index contributed by atoms with van der Waals surface area (Å²) in [6.07, 6.45) is 4.87. The smallest absolute Gasteiger partial charge is 0.00606 e. The Hall–Kier alpha value is -0.170. The highest BCUT2D eigenvalue weighted by atomic mass is 32.2. The lowest BCUT2D eigenvalue weighted by molar-refractivity contribution is 0.902. The van der Waals surface area contributed by atoms with Gasteiger partial charge in [0, 0.05) is 4.91 Å². The third-order valence-corrected chi connectivity index (χ3v) is 3.06. The first-order valence-corrected chi connectivity index (χ1v) is 5.22. The van der Waals surface area contributed by atoms with Gasteiger partial charge < -0.3 is 0 Å². The van der Waals surface area contributed by atoms with E-state index in [1.165, 1.54) is 29.1 Å². The molecule has 0 atom stereocenters. The fraction of sp³-hybridized carbons (Fsp3) is 0.600. The average Bonchev–Trinajstić information content (AvgIpc) is 1.98. The Bertz CT molecular complexity index is 199. The molecule has 0 aromatic rings. The van der Waals surface area contributed by atoms with E-state index in [4.69, 9.17) is 0 Å². The lowest BCUT2D eigenvalue weighted by Crippen LogP contribution is -1.92. The van der Waals surface area contributed by atoms with Crippen LogP contribution in [0.15, 0.2) is 22.1 Å². The monoisotopic (exact) mass is 168 g/mol. The van der Waals surface area contributed by atoms with Crippen LogP contribution in [0, 0.1) is 0 Å². The van der Waals surface area contributed by atoms with Crippen LogP contribution in [-0.2, 0) is 0 Å². The van der Waals surface area contributed by atoms with Crippen LogP contribution in [0.4, 0.5) is 0 Å². The van der Waals surface area contributed by atoms with Gasteiger partial charge in [-0.05, 0) is 38.5 Å². The van der Waals surface area contributed by atoms with Crippen molar-refractivity contribution in [2.75, 3.05) is 5.75 Å². The molecule has 0 amide bonds. The molecular formula is C10H16S. The van der Waals surface area contributed by atoms with Gasteiger partial charge in [0.05, 0.1) is 0 Å². The van der Waals surface area contributed by atoms with E-state index >= 15 is 0 Å². The number of hydrogen-bond acceptors (Lipinski definition) is 1. The summed E-state index contributed by atoms with van der Waals surface area (Å²) in [4.78, 5) is 1.51. The molecule has 1 heteroatoms. The van der Waals surface area contributed by atoms with Crippen molar-refractivity contribution in [2.45, 2.75) is 33.6 Å². The Balaban J connectivity index is 2.71. The van der Waals surface area contributed by atoms with Crippen LogP contribution < -0.4 is 0 Å². The molecule has 0 unspecified atom stereocenters. The van der Waals surface area contributed by atoms with Gasteiger partial charge in [-0.1, -0.05) is 18.1 Å². The zero-order valence-corrected chi connectivity index (χ0v) is 8.42.